The van der Waals surface area contributed by atoms with Crippen molar-refractivity contribution in [2.45, 2.75) is 115 Å². The molecule has 0 radical (unpaired) electrons. The summed E-state index contributed by atoms with van der Waals surface area (Å²) in [7, 11) is 2.83. The van der Waals surface area contributed by atoms with Crippen molar-refractivity contribution < 1.29 is 27.2 Å². The molecule has 0 saturated carbocycles. The van der Waals surface area contributed by atoms with E-state index in [4.69, 9.17) is 26.3 Å². The molecular weight excluding hydrogens is 562 g/mol. The van der Waals surface area contributed by atoms with Crippen molar-refractivity contribution >= 4 is 33.3 Å². The first kappa shape index (κ1) is 37.0. The molecule has 10 heteroatoms. The van der Waals surface area contributed by atoms with E-state index in [1.807, 2.05) is 0 Å². The van der Waals surface area contributed by atoms with E-state index in [9.17, 15) is 13.2 Å². The number of unbranched alkanes of at least 4 members (excludes halogenated alkanes) is 11. The van der Waals surface area contributed by atoms with Crippen LogP contribution in [-0.4, -0.2) is 51.2 Å². The number of nitrogens with two attached hydrogens (primary N) is 1. The summed E-state index contributed by atoms with van der Waals surface area (Å²) in [4.78, 5) is 10.8. The summed E-state index contributed by atoms with van der Waals surface area (Å²) < 4.78 is 28.9. The van der Waals surface area contributed by atoms with Gasteiger partial charge < -0.3 is 19.3 Å². The summed E-state index contributed by atoms with van der Waals surface area (Å²) in [6.07, 6.45) is 20.3. The number of carbonyl (C=O) groups is 1. The SMILES string of the molecule is CCCCCCCCCCCCCCC(C)[N+](C)(C)C.NS(=O)(=O)c1cc(C(=O)O)c(NCc2ccco2)cc1Cl. The molecule has 1 atom stereocenters. The summed E-state index contributed by atoms with van der Waals surface area (Å²) in [6, 6.07) is 6.32. The van der Waals surface area contributed by atoms with Crippen molar-refractivity contribution in [2.24, 2.45) is 5.14 Å². The highest BCUT2D eigenvalue weighted by Gasteiger charge is 2.20. The molecule has 2 aromatic rings. The summed E-state index contributed by atoms with van der Waals surface area (Å²) in [6.45, 7) is 4.90. The number of carboxylic acid groups (broad SMARTS) is 1. The van der Waals surface area contributed by atoms with Crippen molar-refractivity contribution in [1.29, 1.82) is 0 Å². The molecule has 234 valence electrons. The Morgan fingerprint density at radius 2 is 1.54 bits per heavy atom. The molecule has 1 heterocycles. The van der Waals surface area contributed by atoms with Gasteiger partial charge in [-0.15, -0.1) is 0 Å². The molecule has 8 nitrogen and oxygen atoms in total. The lowest BCUT2D eigenvalue weighted by atomic mass is 10.0. The van der Waals surface area contributed by atoms with Crippen molar-refractivity contribution in [3.8, 4) is 0 Å². The number of hydrogen-bond acceptors (Lipinski definition) is 5. The quantitative estimate of drug-likeness (QED) is 0.109. The Morgan fingerprint density at radius 1 is 1.00 bits per heavy atom. The number of aromatic carboxylic acids is 1. The number of nitrogens with one attached hydrogen (secondary N) is 1. The average Bonchev–Trinajstić information content (AvgIpc) is 3.40. The van der Waals surface area contributed by atoms with Crippen LogP contribution >= 0.6 is 11.6 Å². The number of carboxylic acids is 1. The van der Waals surface area contributed by atoms with Crippen molar-refractivity contribution in [3.05, 3.63) is 46.9 Å². The number of sulfonamides is 1. The lowest BCUT2D eigenvalue weighted by Crippen LogP contribution is -2.43. The van der Waals surface area contributed by atoms with Crippen LogP contribution in [0.3, 0.4) is 0 Å². The monoisotopic (exact) mass is 614 g/mol. The second kappa shape index (κ2) is 19.2. The maximum absolute atomic E-state index is 11.3. The average molecular weight is 615 g/mol. The van der Waals surface area contributed by atoms with Gasteiger partial charge in [0, 0.05) is 0 Å². The van der Waals surface area contributed by atoms with Crippen LogP contribution in [0.15, 0.2) is 39.8 Å². The standard InChI is InChI=1S/C19H42N.C12H11ClN2O5S/c1-6-7-8-9-10-11-12-13-14-15-16-17-18-19(2)20(3,4)5;13-9-5-10(15-6-7-2-1-3-20-7)8(12(16)17)4-11(9)21(14,18)19/h19H,6-18H2,1-5H3;1-5,15H,6H2,(H,16,17)(H2,14,18,19)/q+1;. The maximum atomic E-state index is 11.3. The molecule has 1 unspecified atom stereocenters. The number of hydrogen-bond donors (Lipinski definition) is 3. The van der Waals surface area contributed by atoms with Gasteiger partial charge in [-0.1, -0.05) is 89.2 Å². The van der Waals surface area contributed by atoms with E-state index in [-0.39, 0.29) is 22.8 Å². The molecule has 1 aromatic carbocycles. The fourth-order valence-electron chi connectivity index (χ4n) is 4.36. The molecule has 0 amide bonds. The fourth-order valence-corrected chi connectivity index (χ4v) is 5.46. The summed E-state index contributed by atoms with van der Waals surface area (Å²) in [5.74, 6) is -0.725. The maximum Gasteiger partial charge on any atom is 0.337 e. The fraction of sp³-hybridized carbons (Fsp3) is 0.645. The highest BCUT2D eigenvalue weighted by Crippen LogP contribution is 2.28. The van der Waals surface area contributed by atoms with Crippen LogP contribution in [-0.2, 0) is 16.6 Å². The topological polar surface area (TPSA) is 123 Å². The summed E-state index contributed by atoms with van der Waals surface area (Å²) in [5.41, 5.74) is -0.0914. The van der Waals surface area contributed by atoms with Crippen LogP contribution in [0.2, 0.25) is 5.02 Å². The number of halogens is 1. The Labute approximate surface area is 253 Å². The second-order valence-corrected chi connectivity index (χ2v) is 13.7. The minimum absolute atomic E-state index is 0.163. The van der Waals surface area contributed by atoms with Gasteiger partial charge in [-0.2, -0.15) is 0 Å². The van der Waals surface area contributed by atoms with Gasteiger partial charge in [-0.25, -0.2) is 18.4 Å². The van der Waals surface area contributed by atoms with Crippen LogP contribution < -0.4 is 10.5 Å². The van der Waals surface area contributed by atoms with E-state index in [1.165, 1.54) is 95.8 Å². The van der Waals surface area contributed by atoms with Crippen molar-refractivity contribution in [1.82, 2.24) is 0 Å². The van der Waals surface area contributed by atoms with E-state index >= 15 is 0 Å². The van der Waals surface area contributed by atoms with Crippen LogP contribution in [0, 0.1) is 0 Å². The van der Waals surface area contributed by atoms with E-state index < -0.39 is 20.9 Å². The Balaban J connectivity index is 0.000000411. The van der Waals surface area contributed by atoms with Crippen LogP contribution in [0.25, 0.3) is 0 Å². The molecule has 0 fully saturated rings. The largest absolute Gasteiger partial charge is 0.478 e. The van der Waals surface area contributed by atoms with Gasteiger partial charge >= 0.3 is 5.97 Å². The first-order chi connectivity index (χ1) is 19.3. The second-order valence-electron chi connectivity index (χ2n) is 11.8. The smallest absolute Gasteiger partial charge is 0.337 e. The van der Waals surface area contributed by atoms with Gasteiger partial charge in [0.25, 0.3) is 0 Å². The highest BCUT2D eigenvalue weighted by atomic mass is 35.5. The van der Waals surface area contributed by atoms with Crippen LogP contribution in [0.4, 0.5) is 5.69 Å². The molecule has 0 bridgehead atoms. The number of anilines is 1. The predicted octanol–water partition coefficient (Wildman–Crippen LogP) is 8.06. The highest BCUT2D eigenvalue weighted by molar-refractivity contribution is 7.89. The Morgan fingerprint density at radius 3 is 1.98 bits per heavy atom. The summed E-state index contributed by atoms with van der Waals surface area (Å²) >= 11 is 5.84. The number of rotatable bonds is 19. The van der Waals surface area contributed by atoms with Crippen molar-refractivity contribution in [2.75, 3.05) is 26.5 Å². The predicted molar refractivity (Wildman–Crippen MR) is 169 cm³/mol. The molecule has 1 aromatic heterocycles. The van der Waals surface area contributed by atoms with E-state index in [0.29, 0.717) is 5.76 Å². The van der Waals surface area contributed by atoms with E-state index in [2.05, 4.69) is 40.3 Å². The zero-order chi connectivity index (χ0) is 30.9. The lowest BCUT2D eigenvalue weighted by Gasteiger charge is -2.31. The van der Waals surface area contributed by atoms with Crippen molar-refractivity contribution in [3.63, 3.8) is 0 Å². The van der Waals surface area contributed by atoms with Gasteiger partial charge in [0.2, 0.25) is 10.0 Å². The molecule has 0 saturated heterocycles. The Kier molecular flexibility index (Phi) is 17.3. The van der Waals surface area contributed by atoms with Gasteiger partial charge in [0.15, 0.2) is 0 Å². The minimum Gasteiger partial charge on any atom is -0.478 e. The number of furan rings is 1. The first-order valence-electron chi connectivity index (χ1n) is 14.9. The Hall–Kier alpha value is -2.07. The van der Waals surface area contributed by atoms with Gasteiger partial charge in [0.1, 0.15) is 10.7 Å². The third-order valence-corrected chi connectivity index (χ3v) is 8.82. The lowest BCUT2D eigenvalue weighted by molar-refractivity contribution is -0.894. The molecule has 0 aliphatic heterocycles. The zero-order valence-corrected chi connectivity index (χ0v) is 27.3. The number of primary sulfonamides is 1. The third kappa shape index (κ3) is 15.7. The normalized spacial score (nSPS) is 12.5. The third-order valence-electron chi connectivity index (χ3n) is 7.44. The minimum atomic E-state index is -4.11. The molecule has 41 heavy (non-hydrogen) atoms. The molecule has 0 spiro atoms. The van der Waals surface area contributed by atoms with Gasteiger partial charge in [-0.05, 0) is 44.0 Å². The first-order valence-corrected chi connectivity index (χ1v) is 16.9. The van der Waals surface area contributed by atoms with Crippen LogP contribution in [0.5, 0.6) is 0 Å². The van der Waals surface area contributed by atoms with Gasteiger partial charge in [-0.3, -0.25) is 0 Å². The zero-order valence-electron chi connectivity index (χ0n) is 25.8. The molecule has 2 rings (SSSR count). The number of quaternary nitrogens is 1. The van der Waals surface area contributed by atoms with E-state index in [0.717, 1.165) is 16.6 Å². The molecular formula is C31H53ClN3O5S+. The number of nitrogens with zero attached hydrogens (tertiary/aromatic N) is 1. The Bertz CT molecular complexity index is 1120. The molecule has 4 N–H and O–H groups in total. The molecule has 0 aliphatic carbocycles. The van der Waals surface area contributed by atoms with Crippen LogP contribution in [0.1, 0.15) is 113 Å². The number of benzene rings is 1. The van der Waals surface area contributed by atoms with Gasteiger partial charge in [0.05, 0.1) is 56.3 Å². The summed E-state index contributed by atoms with van der Waals surface area (Å²) in [5, 5.41) is 16.8. The molecule has 0 aliphatic rings. The van der Waals surface area contributed by atoms with E-state index in [1.54, 1.807) is 12.1 Å².